The molecule has 0 unspecified atom stereocenters. The summed E-state index contributed by atoms with van der Waals surface area (Å²) in [6, 6.07) is 8.26. The molecule has 1 fully saturated rings. The Labute approximate surface area is 164 Å². The van der Waals surface area contributed by atoms with Crippen molar-refractivity contribution in [2.24, 2.45) is 0 Å². The highest BCUT2D eigenvalue weighted by molar-refractivity contribution is 6.06. The quantitative estimate of drug-likeness (QED) is 0.856. The van der Waals surface area contributed by atoms with Gasteiger partial charge in [-0.1, -0.05) is 12.8 Å². The highest BCUT2D eigenvalue weighted by Gasteiger charge is 2.20. The van der Waals surface area contributed by atoms with Crippen molar-refractivity contribution >= 4 is 17.5 Å². The van der Waals surface area contributed by atoms with Crippen molar-refractivity contribution < 1.29 is 19.1 Å². The molecule has 3 rings (SSSR count). The number of methoxy groups -OCH3 is 2. The maximum Gasteiger partial charge on any atom is 0.272 e. The van der Waals surface area contributed by atoms with Gasteiger partial charge in [-0.2, -0.15) is 0 Å². The minimum atomic E-state index is -0.337. The van der Waals surface area contributed by atoms with E-state index in [2.05, 4.69) is 10.3 Å². The highest BCUT2D eigenvalue weighted by Crippen LogP contribution is 2.29. The Morgan fingerprint density at radius 2 is 1.75 bits per heavy atom. The molecule has 0 atom stereocenters. The number of carbonyl (C=O) groups is 2. The van der Waals surface area contributed by atoms with Gasteiger partial charge in [-0.15, -0.1) is 0 Å². The highest BCUT2D eigenvalue weighted by atomic mass is 16.5. The molecule has 0 spiro atoms. The van der Waals surface area contributed by atoms with Gasteiger partial charge in [0.1, 0.15) is 17.2 Å². The van der Waals surface area contributed by atoms with Gasteiger partial charge >= 0.3 is 0 Å². The minimum Gasteiger partial charge on any atom is -0.497 e. The lowest BCUT2D eigenvalue weighted by Crippen LogP contribution is -2.32. The number of nitrogens with one attached hydrogen (secondary N) is 1. The van der Waals surface area contributed by atoms with E-state index in [1.165, 1.54) is 13.3 Å². The van der Waals surface area contributed by atoms with Crippen LogP contribution in [-0.2, 0) is 0 Å². The summed E-state index contributed by atoms with van der Waals surface area (Å²) in [5.41, 5.74) is 1.17. The van der Waals surface area contributed by atoms with Gasteiger partial charge in [-0.3, -0.25) is 14.6 Å². The SMILES string of the molecule is COc1ccc(NC(=O)c2ccnc(C(=O)N3CCCCCC3)c2)c(OC)c1. The van der Waals surface area contributed by atoms with E-state index >= 15 is 0 Å². The van der Waals surface area contributed by atoms with E-state index in [0.717, 1.165) is 38.8 Å². The number of pyridine rings is 1. The summed E-state index contributed by atoms with van der Waals surface area (Å²) in [6.07, 6.45) is 5.78. The molecule has 2 amide bonds. The van der Waals surface area contributed by atoms with E-state index in [1.807, 2.05) is 4.90 Å². The zero-order chi connectivity index (χ0) is 19.9. The predicted octanol–water partition coefficient (Wildman–Crippen LogP) is 3.37. The molecule has 0 saturated carbocycles. The van der Waals surface area contributed by atoms with Gasteiger partial charge in [0.15, 0.2) is 0 Å². The largest absolute Gasteiger partial charge is 0.497 e. The Morgan fingerprint density at radius 1 is 1.00 bits per heavy atom. The van der Waals surface area contributed by atoms with E-state index < -0.39 is 0 Å². The Morgan fingerprint density at radius 3 is 2.43 bits per heavy atom. The first-order valence-electron chi connectivity index (χ1n) is 9.41. The summed E-state index contributed by atoms with van der Waals surface area (Å²) in [4.78, 5) is 31.4. The van der Waals surface area contributed by atoms with Crippen molar-refractivity contribution in [3.8, 4) is 11.5 Å². The van der Waals surface area contributed by atoms with Crippen LogP contribution in [0.1, 0.15) is 46.5 Å². The Kier molecular flexibility index (Phi) is 6.47. The second-order valence-electron chi connectivity index (χ2n) is 6.66. The molecular weight excluding hydrogens is 358 g/mol. The van der Waals surface area contributed by atoms with E-state index in [4.69, 9.17) is 9.47 Å². The van der Waals surface area contributed by atoms with Gasteiger partial charge in [0.25, 0.3) is 11.8 Å². The van der Waals surface area contributed by atoms with Crippen LogP contribution in [0.3, 0.4) is 0 Å². The third-order valence-electron chi connectivity index (χ3n) is 4.79. The van der Waals surface area contributed by atoms with Crippen LogP contribution < -0.4 is 14.8 Å². The minimum absolute atomic E-state index is 0.126. The molecule has 1 N–H and O–H groups in total. The fourth-order valence-electron chi connectivity index (χ4n) is 3.22. The number of anilines is 1. The molecule has 28 heavy (non-hydrogen) atoms. The first-order chi connectivity index (χ1) is 13.6. The number of benzene rings is 1. The fourth-order valence-corrected chi connectivity index (χ4v) is 3.22. The number of hydrogen-bond acceptors (Lipinski definition) is 5. The van der Waals surface area contributed by atoms with E-state index in [-0.39, 0.29) is 17.5 Å². The van der Waals surface area contributed by atoms with E-state index in [1.54, 1.807) is 37.4 Å². The van der Waals surface area contributed by atoms with Crippen LogP contribution >= 0.6 is 0 Å². The molecule has 148 valence electrons. The molecule has 1 aromatic carbocycles. The first-order valence-corrected chi connectivity index (χ1v) is 9.41. The van der Waals surface area contributed by atoms with Crippen molar-refractivity contribution in [1.82, 2.24) is 9.88 Å². The lowest BCUT2D eigenvalue weighted by molar-refractivity contribution is 0.0755. The molecule has 1 aliphatic heterocycles. The summed E-state index contributed by atoms with van der Waals surface area (Å²) < 4.78 is 10.5. The lowest BCUT2D eigenvalue weighted by atomic mass is 10.2. The van der Waals surface area contributed by atoms with Crippen LogP contribution in [0.2, 0.25) is 0 Å². The predicted molar refractivity (Wildman–Crippen MR) is 106 cm³/mol. The number of nitrogens with zero attached hydrogens (tertiary/aromatic N) is 2. The van der Waals surface area contributed by atoms with E-state index in [0.29, 0.717) is 22.7 Å². The lowest BCUT2D eigenvalue weighted by Gasteiger charge is -2.19. The van der Waals surface area contributed by atoms with Crippen molar-refractivity contribution in [1.29, 1.82) is 0 Å². The maximum absolute atomic E-state index is 12.8. The average molecular weight is 383 g/mol. The number of likely N-dealkylation sites (tertiary alicyclic amines) is 1. The molecule has 0 aliphatic carbocycles. The number of rotatable bonds is 5. The number of ether oxygens (including phenoxy) is 2. The van der Waals surface area contributed by atoms with Crippen molar-refractivity contribution in [2.75, 3.05) is 32.6 Å². The first kappa shape index (κ1) is 19.7. The Hall–Kier alpha value is -3.09. The summed E-state index contributed by atoms with van der Waals surface area (Å²) in [5, 5.41) is 2.81. The van der Waals surface area contributed by atoms with Crippen molar-refractivity contribution in [3.63, 3.8) is 0 Å². The molecular formula is C21H25N3O4. The van der Waals surface area contributed by atoms with Gasteiger partial charge in [-0.25, -0.2) is 0 Å². The van der Waals surface area contributed by atoms with Crippen molar-refractivity contribution in [3.05, 3.63) is 47.8 Å². The molecule has 2 aromatic rings. The molecule has 7 heteroatoms. The molecule has 0 bridgehead atoms. The van der Waals surface area contributed by atoms with Crippen LogP contribution in [0.5, 0.6) is 11.5 Å². The molecule has 2 heterocycles. The zero-order valence-electron chi connectivity index (χ0n) is 16.2. The van der Waals surface area contributed by atoms with Gasteiger partial charge in [0.2, 0.25) is 0 Å². The van der Waals surface area contributed by atoms with Gasteiger partial charge in [0, 0.05) is 30.9 Å². The van der Waals surface area contributed by atoms with Crippen LogP contribution in [0.25, 0.3) is 0 Å². The summed E-state index contributed by atoms with van der Waals surface area (Å²) >= 11 is 0. The summed E-state index contributed by atoms with van der Waals surface area (Å²) in [5.74, 6) is 0.654. The fraction of sp³-hybridized carbons (Fsp3) is 0.381. The smallest absolute Gasteiger partial charge is 0.272 e. The zero-order valence-corrected chi connectivity index (χ0v) is 16.2. The third kappa shape index (κ3) is 4.60. The third-order valence-corrected chi connectivity index (χ3v) is 4.79. The molecule has 1 saturated heterocycles. The molecule has 1 aliphatic rings. The summed E-state index contributed by atoms with van der Waals surface area (Å²) in [7, 11) is 3.08. The number of aromatic nitrogens is 1. The monoisotopic (exact) mass is 383 g/mol. The van der Waals surface area contributed by atoms with Crippen LogP contribution in [0, 0.1) is 0 Å². The maximum atomic E-state index is 12.8. The summed E-state index contributed by atoms with van der Waals surface area (Å²) in [6.45, 7) is 1.47. The number of hydrogen-bond donors (Lipinski definition) is 1. The second kappa shape index (κ2) is 9.21. The molecule has 1 aromatic heterocycles. The Balaban J connectivity index is 1.76. The number of amides is 2. The Bertz CT molecular complexity index is 845. The van der Waals surface area contributed by atoms with Gasteiger partial charge < -0.3 is 19.7 Å². The average Bonchev–Trinajstić information content (AvgIpc) is 3.03. The van der Waals surface area contributed by atoms with Crippen LogP contribution in [-0.4, -0.2) is 49.0 Å². The van der Waals surface area contributed by atoms with Gasteiger partial charge in [0.05, 0.1) is 19.9 Å². The van der Waals surface area contributed by atoms with Crippen LogP contribution in [0.4, 0.5) is 5.69 Å². The second-order valence-corrected chi connectivity index (χ2v) is 6.66. The van der Waals surface area contributed by atoms with Crippen LogP contribution in [0.15, 0.2) is 36.5 Å². The van der Waals surface area contributed by atoms with E-state index in [9.17, 15) is 9.59 Å². The van der Waals surface area contributed by atoms with Gasteiger partial charge in [-0.05, 0) is 37.1 Å². The van der Waals surface area contributed by atoms with Crippen molar-refractivity contribution in [2.45, 2.75) is 25.7 Å². The number of carbonyl (C=O) groups excluding carboxylic acids is 2. The standard InChI is InChI=1S/C21H25N3O4/c1-27-16-7-8-17(19(14-16)28-2)23-20(25)15-9-10-22-18(13-15)21(26)24-11-5-3-4-6-12-24/h7-10,13-14H,3-6,11-12H2,1-2H3,(H,23,25). The normalized spacial score (nSPS) is 14.1. The molecule has 7 nitrogen and oxygen atoms in total. The topological polar surface area (TPSA) is 80.8 Å². The molecule has 0 radical (unpaired) electrons.